The largest absolute Gasteiger partial charge is 0.489 e. The summed E-state index contributed by atoms with van der Waals surface area (Å²) in [6.45, 7) is 2.31. The topological polar surface area (TPSA) is 103 Å². The second-order valence-corrected chi connectivity index (χ2v) is 11.6. The standard InChI is InChI=1S/C30H30N4O4/c31-14-18-4-3-5-19(10-18)22-15-33(16-22)25-6-1-2-7-26(25)38-23-8-9-24-20(11-23)17-34(28(24)36)30-12-21(13-30)27(35)32-29(30)37/h3-5,8-11,21-22,25-26H,1-2,6-7,12-13,15-17H2,(H,32,35,37)/t21?,25-,26-,30?/m0/s1. The van der Waals surface area contributed by atoms with Crippen molar-refractivity contribution in [3.8, 4) is 11.8 Å². The fraction of sp³-hybridized carbons (Fsp3) is 0.467. The highest BCUT2D eigenvalue weighted by Crippen LogP contribution is 2.49. The minimum Gasteiger partial charge on any atom is -0.489 e. The lowest BCUT2D eigenvalue weighted by Crippen LogP contribution is -2.73. The molecule has 5 fully saturated rings. The molecule has 3 saturated heterocycles. The summed E-state index contributed by atoms with van der Waals surface area (Å²) in [4.78, 5) is 42.0. The van der Waals surface area contributed by atoms with Gasteiger partial charge in [-0.05, 0) is 73.6 Å². The Balaban J connectivity index is 1.03. The first kappa shape index (κ1) is 23.4. The number of ether oxygens (including phenoxy) is 1. The molecule has 8 rings (SSSR count). The van der Waals surface area contributed by atoms with Gasteiger partial charge >= 0.3 is 0 Å². The van der Waals surface area contributed by atoms with E-state index < -0.39 is 5.54 Å². The van der Waals surface area contributed by atoms with Crippen LogP contribution in [0.1, 0.15) is 71.5 Å². The Morgan fingerprint density at radius 1 is 1.00 bits per heavy atom. The maximum absolute atomic E-state index is 13.2. The third-order valence-corrected chi connectivity index (χ3v) is 9.42. The molecule has 2 saturated carbocycles. The quantitative estimate of drug-likeness (QED) is 0.620. The van der Waals surface area contributed by atoms with E-state index in [2.05, 4.69) is 22.4 Å². The molecule has 0 unspecified atom stereocenters. The number of hydrogen-bond acceptors (Lipinski definition) is 6. The van der Waals surface area contributed by atoms with Crippen molar-refractivity contribution in [1.29, 1.82) is 5.26 Å². The molecule has 3 amide bonds. The van der Waals surface area contributed by atoms with Crippen LogP contribution in [0.15, 0.2) is 42.5 Å². The van der Waals surface area contributed by atoms with Crippen molar-refractivity contribution >= 4 is 17.7 Å². The Morgan fingerprint density at radius 2 is 1.82 bits per heavy atom. The number of carbonyl (C=O) groups is 3. The highest BCUT2D eigenvalue weighted by atomic mass is 16.5. The van der Waals surface area contributed by atoms with Crippen LogP contribution in [0.5, 0.6) is 5.75 Å². The highest BCUT2D eigenvalue weighted by molar-refractivity contribution is 6.10. The van der Waals surface area contributed by atoms with Gasteiger partial charge in [0.2, 0.25) is 5.91 Å². The van der Waals surface area contributed by atoms with E-state index in [0.717, 1.165) is 43.7 Å². The Morgan fingerprint density at radius 3 is 2.61 bits per heavy atom. The number of benzene rings is 2. The molecule has 2 atom stereocenters. The van der Waals surface area contributed by atoms with Crippen molar-refractivity contribution in [1.82, 2.24) is 15.1 Å². The third kappa shape index (κ3) is 3.56. The predicted octanol–water partition coefficient (Wildman–Crippen LogP) is 3.11. The fourth-order valence-corrected chi connectivity index (χ4v) is 7.18. The lowest BCUT2D eigenvalue weighted by molar-refractivity contribution is -0.160. The van der Waals surface area contributed by atoms with Crippen LogP contribution in [0.3, 0.4) is 0 Å². The van der Waals surface area contributed by atoms with Crippen LogP contribution in [-0.2, 0) is 16.1 Å². The molecule has 8 heteroatoms. The van der Waals surface area contributed by atoms with Gasteiger partial charge in [0.25, 0.3) is 11.8 Å². The highest BCUT2D eigenvalue weighted by Gasteiger charge is 2.63. The molecule has 2 aromatic rings. The number of carbonyl (C=O) groups excluding carboxylic acids is 3. The summed E-state index contributed by atoms with van der Waals surface area (Å²) >= 11 is 0. The summed E-state index contributed by atoms with van der Waals surface area (Å²) < 4.78 is 6.58. The molecule has 2 aliphatic carbocycles. The fourth-order valence-electron chi connectivity index (χ4n) is 7.18. The minimum atomic E-state index is -0.898. The van der Waals surface area contributed by atoms with Crippen molar-refractivity contribution < 1.29 is 19.1 Å². The van der Waals surface area contributed by atoms with Gasteiger partial charge < -0.3 is 9.64 Å². The van der Waals surface area contributed by atoms with Gasteiger partial charge in [-0.15, -0.1) is 0 Å². The van der Waals surface area contributed by atoms with Crippen LogP contribution in [0.4, 0.5) is 0 Å². The molecule has 194 valence electrons. The van der Waals surface area contributed by atoms with Crippen LogP contribution in [0.25, 0.3) is 0 Å². The van der Waals surface area contributed by atoms with E-state index in [0.29, 0.717) is 42.5 Å². The average molecular weight is 511 g/mol. The van der Waals surface area contributed by atoms with Gasteiger partial charge in [-0.3, -0.25) is 24.6 Å². The number of nitrogens with one attached hydrogen (secondary N) is 1. The average Bonchev–Trinajstić information content (AvgIpc) is 3.19. The number of likely N-dealkylation sites (tertiary alicyclic amines) is 1. The van der Waals surface area contributed by atoms with E-state index in [1.54, 1.807) is 4.90 Å². The number of nitriles is 1. The monoisotopic (exact) mass is 510 g/mol. The summed E-state index contributed by atoms with van der Waals surface area (Å²) in [6, 6.07) is 16.2. The minimum absolute atomic E-state index is 0.0857. The van der Waals surface area contributed by atoms with Crippen LogP contribution >= 0.6 is 0 Å². The second-order valence-electron chi connectivity index (χ2n) is 11.6. The zero-order chi connectivity index (χ0) is 26.0. The zero-order valence-electron chi connectivity index (χ0n) is 21.2. The number of amides is 3. The van der Waals surface area contributed by atoms with Crippen molar-refractivity contribution in [2.75, 3.05) is 13.1 Å². The molecule has 0 aromatic heterocycles. The first-order chi connectivity index (χ1) is 18.4. The first-order valence-electron chi connectivity index (χ1n) is 13.7. The molecule has 38 heavy (non-hydrogen) atoms. The molecule has 4 aliphatic heterocycles. The van der Waals surface area contributed by atoms with Crippen molar-refractivity contribution in [2.24, 2.45) is 5.92 Å². The number of piperidine rings is 2. The third-order valence-electron chi connectivity index (χ3n) is 9.42. The molecule has 4 heterocycles. The number of imide groups is 1. The van der Waals surface area contributed by atoms with Gasteiger partial charge in [0.05, 0.1) is 11.6 Å². The normalized spacial score (nSPS) is 30.7. The van der Waals surface area contributed by atoms with Crippen molar-refractivity contribution in [2.45, 2.75) is 68.7 Å². The molecule has 8 nitrogen and oxygen atoms in total. The number of fused-ring (bicyclic) bond motifs is 3. The Bertz CT molecular complexity index is 1380. The summed E-state index contributed by atoms with van der Waals surface area (Å²) in [5.41, 5.74) is 2.54. The maximum Gasteiger partial charge on any atom is 0.255 e. The summed E-state index contributed by atoms with van der Waals surface area (Å²) in [7, 11) is 0. The van der Waals surface area contributed by atoms with Gasteiger partial charge in [0, 0.05) is 43.1 Å². The lowest BCUT2D eigenvalue weighted by Gasteiger charge is -2.53. The molecule has 2 bridgehead atoms. The van der Waals surface area contributed by atoms with Crippen LogP contribution in [0, 0.1) is 17.2 Å². The molecule has 2 aromatic carbocycles. The van der Waals surface area contributed by atoms with Gasteiger partial charge in [-0.1, -0.05) is 18.6 Å². The second kappa shape index (κ2) is 8.67. The molecular weight excluding hydrogens is 480 g/mol. The van der Waals surface area contributed by atoms with Gasteiger partial charge in [0.1, 0.15) is 17.4 Å². The van der Waals surface area contributed by atoms with E-state index in [9.17, 15) is 19.6 Å². The van der Waals surface area contributed by atoms with Crippen molar-refractivity contribution in [3.63, 3.8) is 0 Å². The summed E-state index contributed by atoms with van der Waals surface area (Å²) in [6.07, 6.45) is 5.35. The summed E-state index contributed by atoms with van der Waals surface area (Å²) in [5, 5.41) is 11.7. The number of rotatable bonds is 5. The zero-order valence-corrected chi connectivity index (χ0v) is 21.2. The van der Waals surface area contributed by atoms with Crippen molar-refractivity contribution in [3.05, 3.63) is 64.7 Å². The van der Waals surface area contributed by atoms with Gasteiger partial charge in [-0.2, -0.15) is 5.26 Å². The number of hydrogen-bond donors (Lipinski definition) is 1. The Kier molecular flexibility index (Phi) is 5.34. The molecule has 0 spiro atoms. The van der Waals surface area contributed by atoms with E-state index in [1.165, 1.54) is 12.0 Å². The molecule has 0 radical (unpaired) electrons. The van der Waals surface area contributed by atoms with E-state index >= 15 is 0 Å². The smallest absolute Gasteiger partial charge is 0.255 e. The van der Waals surface area contributed by atoms with Crippen LogP contribution in [-0.4, -0.2) is 58.3 Å². The van der Waals surface area contributed by atoms with Crippen LogP contribution < -0.4 is 10.1 Å². The van der Waals surface area contributed by atoms with Gasteiger partial charge in [0.15, 0.2) is 0 Å². The number of nitrogens with zero attached hydrogens (tertiary/aromatic N) is 3. The van der Waals surface area contributed by atoms with E-state index in [4.69, 9.17) is 4.74 Å². The van der Waals surface area contributed by atoms with E-state index in [-0.39, 0.29) is 29.7 Å². The molecular formula is C30H30N4O4. The Labute approximate surface area is 221 Å². The van der Waals surface area contributed by atoms with Gasteiger partial charge in [-0.25, -0.2) is 0 Å². The molecule has 6 aliphatic rings. The predicted molar refractivity (Wildman–Crippen MR) is 137 cm³/mol. The molecule has 1 N–H and O–H groups in total. The lowest BCUT2D eigenvalue weighted by atomic mass is 9.63. The SMILES string of the molecule is N#Cc1cccc(C2CN([C@H]3CCCC[C@@H]3Oc3ccc4c(c3)CN(C35CC(C3)C(=O)NC5=O)C4=O)C2)c1. The van der Waals surface area contributed by atoms with E-state index in [1.807, 2.05) is 36.4 Å². The Hall–Kier alpha value is -3.70. The summed E-state index contributed by atoms with van der Waals surface area (Å²) in [5.74, 6) is 0.324. The van der Waals surface area contributed by atoms with Crippen LogP contribution in [0.2, 0.25) is 0 Å². The first-order valence-corrected chi connectivity index (χ1v) is 13.7. The maximum atomic E-state index is 13.2.